The third-order valence-corrected chi connectivity index (χ3v) is 5.21. The molecule has 27 heavy (non-hydrogen) atoms. The van der Waals surface area contributed by atoms with Crippen molar-refractivity contribution in [2.75, 3.05) is 12.4 Å². The smallest absolute Gasteiger partial charge is 0.302 e. The van der Waals surface area contributed by atoms with Gasteiger partial charge in [0.05, 0.1) is 11.6 Å². The molecule has 1 N–H and O–H groups in total. The first-order valence-electron chi connectivity index (χ1n) is 8.54. The van der Waals surface area contributed by atoms with E-state index in [9.17, 15) is 14.4 Å². The molecule has 2 heterocycles. The first kappa shape index (κ1) is 18.9. The van der Waals surface area contributed by atoms with Crippen LogP contribution in [-0.2, 0) is 9.59 Å². The zero-order valence-corrected chi connectivity index (χ0v) is 16.2. The Morgan fingerprint density at radius 3 is 2.63 bits per heavy atom. The fourth-order valence-corrected chi connectivity index (χ4v) is 3.52. The number of hydrogen-bond donors (Lipinski definition) is 1. The van der Waals surface area contributed by atoms with Crippen LogP contribution in [0.2, 0.25) is 0 Å². The van der Waals surface area contributed by atoms with Crippen LogP contribution >= 0.6 is 11.3 Å². The number of carbonyl (C=O) groups excluding carboxylic acids is 3. The second-order valence-electron chi connectivity index (χ2n) is 6.48. The number of aliphatic imine (C=N–C) groups is 1. The second-order valence-corrected chi connectivity index (χ2v) is 7.33. The van der Waals surface area contributed by atoms with Crippen molar-refractivity contribution in [3.63, 3.8) is 0 Å². The Labute approximate surface area is 161 Å². The highest BCUT2D eigenvalue weighted by molar-refractivity contribution is 7.14. The summed E-state index contributed by atoms with van der Waals surface area (Å²) in [7, 11) is 1.40. The van der Waals surface area contributed by atoms with Crippen LogP contribution < -0.4 is 5.32 Å². The van der Waals surface area contributed by atoms with Crippen molar-refractivity contribution in [3.05, 3.63) is 35.2 Å². The summed E-state index contributed by atoms with van der Waals surface area (Å²) in [6.07, 6.45) is 0.443. The van der Waals surface area contributed by atoms with E-state index in [2.05, 4.69) is 15.3 Å². The van der Waals surface area contributed by atoms with Gasteiger partial charge in [0.2, 0.25) is 11.8 Å². The van der Waals surface area contributed by atoms with Gasteiger partial charge in [0.25, 0.3) is 0 Å². The molecule has 1 atom stereocenters. The van der Waals surface area contributed by atoms with Gasteiger partial charge >= 0.3 is 6.03 Å². The lowest BCUT2D eigenvalue weighted by atomic mass is 9.95. The van der Waals surface area contributed by atoms with E-state index < -0.39 is 11.9 Å². The zero-order chi connectivity index (χ0) is 19.6. The number of amides is 4. The maximum atomic E-state index is 12.2. The number of thiazole rings is 1. The average Bonchev–Trinajstić information content (AvgIpc) is 3.08. The third-order valence-electron chi connectivity index (χ3n) is 4.45. The van der Waals surface area contributed by atoms with E-state index in [-0.39, 0.29) is 18.2 Å². The summed E-state index contributed by atoms with van der Waals surface area (Å²) in [5, 5.41) is 5.18. The molecule has 3 rings (SSSR count). The van der Waals surface area contributed by atoms with Gasteiger partial charge in [-0.1, -0.05) is 29.8 Å². The molecule has 1 aromatic carbocycles. The number of carbonyl (C=O) groups is 3. The summed E-state index contributed by atoms with van der Waals surface area (Å²) in [5.74, 6) is -1.09. The lowest BCUT2D eigenvalue weighted by molar-refractivity contribution is -0.129. The summed E-state index contributed by atoms with van der Waals surface area (Å²) in [6.45, 7) is 3.66. The average molecular weight is 384 g/mol. The fourth-order valence-electron chi connectivity index (χ4n) is 2.79. The van der Waals surface area contributed by atoms with Gasteiger partial charge in [-0.2, -0.15) is 0 Å². The maximum Gasteiger partial charge on any atom is 0.349 e. The Bertz CT molecular complexity index is 917. The van der Waals surface area contributed by atoms with E-state index >= 15 is 0 Å². The zero-order valence-electron chi connectivity index (χ0n) is 15.4. The highest BCUT2D eigenvalue weighted by atomic mass is 32.1. The predicted molar refractivity (Wildman–Crippen MR) is 105 cm³/mol. The van der Waals surface area contributed by atoms with Gasteiger partial charge in [0.1, 0.15) is 0 Å². The van der Waals surface area contributed by atoms with Crippen molar-refractivity contribution in [2.24, 2.45) is 10.9 Å². The van der Waals surface area contributed by atoms with Crippen LogP contribution in [0.1, 0.15) is 25.3 Å². The SMILES string of the molecule is CC1=NC(=O)N(C)C(=O)C1CCC(=O)Nc1nc(-c2ccc(C)cc2)cs1. The molecule has 0 radical (unpaired) electrons. The number of nitrogens with one attached hydrogen (secondary N) is 1. The quantitative estimate of drug-likeness (QED) is 0.854. The standard InChI is InChI=1S/C19H20N4O3S/c1-11-4-6-13(7-5-11)15-10-27-18(21-15)22-16(24)9-8-14-12(2)20-19(26)23(3)17(14)25/h4-7,10,14H,8-9H2,1-3H3,(H,21,22,24). The number of nitrogens with zero attached hydrogens (tertiary/aromatic N) is 3. The van der Waals surface area contributed by atoms with Crippen molar-refractivity contribution in [3.8, 4) is 11.3 Å². The number of rotatable bonds is 5. The number of aromatic nitrogens is 1. The molecule has 0 bridgehead atoms. The van der Waals surface area contributed by atoms with Crippen molar-refractivity contribution in [1.29, 1.82) is 0 Å². The third kappa shape index (κ3) is 4.28. The summed E-state index contributed by atoms with van der Waals surface area (Å²) in [6, 6.07) is 7.44. The molecular formula is C19H20N4O3S. The van der Waals surface area contributed by atoms with Crippen molar-refractivity contribution < 1.29 is 14.4 Å². The molecule has 1 aliphatic rings. The Morgan fingerprint density at radius 1 is 1.22 bits per heavy atom. The lowest BCUT2D eigenvalue weighted by Crippen LogP contribution is -2.43. The molecule has 4 amide bonds. The molecule has 140 valence electrons. The van der Waals surface area contributed by atoms with E-state index in [1.54, 1.807) is 6.92 Å². The molecule has 0 fully saturated rings. The first-order chi connectivity index (χ1) is 12.8. The van der Waals surface area contributed by atoms with Crippen LogP contribution in [-0.4, -0.2) is 40.5 Å². The van der Waals surface area contributed by atoms with Crippen LogP contribution in [0.4, 0.5) is 9.93 Å². The molecule has 0 aliphatic carbocycles. The molecule has 1 aromatic heterocycles. The fraction of sp³-hybridized carbons (Fsp3) is 0.316. The van der Waals surface area contributed by atoms with Gasteiger partial charge in [-0.25, -0.2) is 14.8 Å². The highest BCUT2D eigenvalue weighted by Crippen LogP contribution is 2.25. The van der Waals surface area contributed by atoms with Crippen molar-refractivity contribution in [2.45, 2.75) is 26.7 Å². The number of aryl methyl sites for hydroxylation is 1. The van der Waals surface area contributed by atoms with Crippen molar-refractivity contribution >= 4 is 40.0 Å². The van der Waals surface area contributed by atoms with E-state index in [1.165, 1.54) is 23.9 Å². The largest absolute Gasteiger partial charge is 0.349 e. The molecule has 1 unspecified atom stereocenters. The lowest BCUT2D eigenvalue weighted by Gasteiger charge is -2.25. The van der Waals surface area contributed by atoms with E-state index in [0.29, 0.717) is 17.3 Å². The monoisotopic (exact) mass is 384 g/mol. The van der Waals surface area contributed by atoms with Crippen molar-refractivity contribution in [1.82, 2.24) is 9.88 Å². The number of anilines is 1. The molecule has 0 spiro atoms. The molecule has 0 saturated carbocycles. The highest BCUT2D eigenvalue weighted by Gasteiger charge is 2.33. The molecular weight excluding hydrogens is 364 g/mol. The predicted octanol–water partition coefficient (Wildman–Crippen LogP) is 3.51. The maximum absolute atomic E-state index is 12.2. The molecule has 7 nitrogen and oxygen atoms in total. The normalized spacial score (nSPS) is 17.1. The Balaban J connectivity index is 1.59. The number of imide groups is 1. The van der Waals surface area contributed by atoms with Gasteiger partial charge in [0.15, 0.2) is 5.13 Å². The summed E-state index contributed by atoms with van der Waals surface area (Å²) < 4.78 is 0. The first-order valence-corrected chi connectivity index (χ1v) is 9.42. The van der Waals surface area contributed by atoms with Crippen LogP contribution in [0.3, 0.4) is 0 Å². The number of benzene rings is 1. The minimum atomic E-state index is -0.565. The summed E-state index contributed by atoms with van der Waals surface area (Å²) >= 11 is 1.35. The molecule has 1 aliphatic heterocycles. The Kier molecular flexibility index (Phi) is 5.46. The van der Waals surface area contributed by atoms with Crippen LogP contribution in [0.5, 0.6) is 0 Å². The Hall–Kier alpha value is -2.87. The Morgan fingerprint density at radius 2 is 1.93 bits per heavy atom. The van der Waals surface area contributed by atoms with Gasteiger partial charge in [-0.3, -0.25) is 14.5 Å². The van der Waals surface area contributed by atoms with Crippen LogP contribution in [0, 0.1) is 12.8 Å². The molecule has 8 heteroatoms. The summed E-state index contributed by atoms with van der Waals surface area (Å²) in [5.41, 5.74) is 3.42. The van der Waals surface area contributed by atoms with E-state index in [4.69, 9.17) is 0 Å². The summed E-state index contributed by atoms with van der Waals surface area (Å²) in [4.78, 5) is 45.2. The minimum Gasteiger partial charge on any atom is -0.302 e. The molecule has 0 saturated heterocycles. The van der Waals surface area contributed by atoms with Gasteiger partial charge in [-0.05, 0) is 20.3 Å². The minimum absolute atomic E-state index is 0.144. The van der Waals surface area contributed by atoms with E-state index in [1.807, 2.05) is 36.6 Å². The number of urea groups is 1. The van der Waals surface area contributed by atoms with Crippen LogP contribution in [0.15, 0.2) is 34.6 Å². The van der Waals surface area contributed by atoms with Gasteiger partial charge in [0, 0.05) is 30.1 Å². The van der Waals surface area contributed by atoms with Gasteiger partial charge in [-0.15, -0.1) is 11.3 Å². The van der Waals surface area contributed by atoms with Gasteiger partial charge < -0.3 is 5.32 Å². The topological polar surface area (TPSA) is 91.7 Å². The second kappa shape index (κ2) is 7.79. The van der Waals surface area contributed by atoms with Crippen LogP contribution in [0.25, 0.3) is 11.3 Å². The van der Waals surface area contributed by atoms with E-state index in [0.717, 1.165) is 16.2 Å². The number of hydrogen-bond acceptors (Lipinski definition) is 5. The molecule has 2 aromatic rings.